The number of ketones is 1. The summed E-state index contributed by atoms with van der Waals surface area (Å²) in [6.45, 7) is 13.6. The zero-order valence-electron chi connectivity index (χ0n) is 16.5. The molecule has 0 aliphatic heterocycles. The Morgan fingerprint density at radius 1 is 1.16 bits per heavy atom. The van der Waals surface area contributed by atoms with Gasteiger partial charge in [-0.3, -0.25) is 4.79 Å². The molecule has 0 aromatic rings. The first-order valence-corrected chi connectivity index (χ1v) is 9.60. The molecule has 0 bridgehead atoms. The topological polar surface area (TPSA) is 54.0 Å². The maximum atomic E-state index is 13.1. The highest BCUT2D eigenvalue weighted by atomic mass is 16.7. The van der Waals surface area contributed by atoms with Crippen LogP contribution in [0.3, 0.4) is 0 Å². The Morgan fingerprint density at radius 3 is 2.32 bits per heavy atom. The zero-order chi connectivity index (χ0) is 18.7. The fourth-order valence-corrected chi connectivity index (χ4v) is 3.00. The van der Waals surface area contributed by atoms with Crippen molar-refractivity contribution >= 4 is 5.78 Å². The van der Waals surface area contributed by atoms with Gasteiger partial charge in [-0.1, -0.05) is 40.2 Å². The summed E-state index contributed by atoms with van der Waals surface area (Å²) in [4.78, 5) is 13.1. The van der Waals surface area contributed by atoms with Crippen molar-refractivity contribution in [1.82, 2.24) is 0 Å². The summed E-state index contributed by atoms with van der Waals surface area (Å²) in [6.07, 6.45) is 5.05. The second-order valence-corrected chi connectivity index (χ2v) is 6.98. The van der Waals surface area contributed by atoms with Crippen LogP contribution in [0.4, 0.5) is 0 Å². The van der Waals surface area contributed by atoms with Gasteiger partial charge in [0.15, 0.2) is 11.4 Å². The molecule has 0 aromatic carbocycles. The molecule has 0 N–H and O–H groups in total. The van der Waals surface area contributed by atoms with E-state index in [0.29, 0.717) is 25.2 Å². The molecule has 0 amide bonds. The molecular formula is C20H36O5. The summed E-state index contributed by atoms with van der Waals surface area (Å²) >= 11 is 0. The van der Waals surface area contributed by atoms with Crippen LogP contribution in [-0.2, 0) is 23.7 Å². The molecule has 1 fully saturated rings. The van der Waals surface area contributed by atoms with E-state index in [0.717, 1.165) is 32.1 Å². The van der Waals surface area contributed by atoms with E-state index >= 15 is 0 Å². The fraction of sp³-hybridized carbons (Fsp3) is 0.850. The van der Waals surface area contributed by atoms with Gasteiger partial charge < -0.3 is 18.9 Å². The van der Waals surface area contributed by atoms with Crippen molar-refractivity contribution in [3.63, 3.8) is 0 Å². The van der Waals surface area contributed by atoms with Crippen molar-refractivity contribution < 1.29 is 23.7 Å². The van der Waals surface area contributed by atoms with Crippen molar-refractivity contribution in [2.75, 3.05) is 26.8 Å². The Bertz CT molecular complexity index is 409. The summed E-state index contributed by atoms with van der Waals surface area (Å²) in [5, 5.41) is 0. The summed E-state index contributed by atoms with van der Waals surface area (Å²) in [7, 11) is 0. The average molecular weight is 357 g/mol. The molecule has 0 radical (unpaired) electrons. The Balaban J connectivity index is 2.64. The highest BCUT2D eigenvalue weighted by Crippen LogP contribution is 2.38. The standard InChI is InChI=1S/C20H36O5/c1-6-8-12-22-14-24-18-17(5)10-11-20(16(3)4,19(18)21)25-15-23-13-9-7-2/h17-18H,3,6-15H2,1-2,4-5H3/t17?,18?,20-/m0/s1. The lowest BCUT2D eigenvalue weighted by molar-refractivity contribution is -0.190. The Labute approximate surface area is 153 Å². The van der Waals surface area contributed by atoms with E-state index in [9.17, 15) is 4.79 Å². The summed E-state index contributed by atoms with van der Waals surface area (Å²) < 4.78 is 22.7. The van der Waals surface area contributed by atoms with Gasteiger partial charge in [0.2, 0.25) is 0 Å². The molecule has 3 atom stereocenters. The molecule has 0 aromatic heterocycles. The highest BCUT2D eigenvalue weighted by Gasteiger charge is 2.50. The lowest BCUT2D eigenvalue weighted by Crippen LogP contribution is -2.55. The van der Waals surface area contributed by atoms with Crippen LogP contribution in [0.15, 0.2) is 12.2 Å². The number of unbranched alkanes of at least 4 members (excludes halogenated alkanes) is 2. The summed E-state index contributed by atoms with van der Waals surface area (Å²) in [5.41, 5.74) is -0.295. The molecule has 1 aliphatic carbocycles. The Hall–Kier alpha value is -0.750. The number of rotatable bonds is 13. The first-order valence-electron chi connectivity index (χ1n) is 9.60. The van der Waals surface area contributed by atoms with Gasteiger partial charge in [0.05, 0.1) is 0 Å². The summed E-state index contributed by atoms with van der Waals surface area (Å²) in [6, 6.07) is 0. The van der Waals surface area contributed by atoms with Crippen molar-refractivity contribution in [1.29, 1.82) is 0 Å². The predicted molar refractivity (Wildman–Crippen MR) is 98.4 cm³/mol. The minimum absolute atomic E-state index is 0.0584. The van der Waals surface area contributed by atoms with E-state index in [1.807, 2.05) is 13.8 Å². The van der Waals surface area contributed by atoms with Gasteiger partial charge in [-0.05, 0) is 44.1 Å². The molecule has 2 unspecified atom stereocenters. The van der Waals surface area contributed by atoms with E-state index in [4.69, 9.17) is 18.9 Å². The normalized spacial score (nSPS) is 26.8. The van der Waals surface area contributed by atoms with Crippen LogP contribution < -0.4 is 0 Å². The van der Waals surface area contributed by atoms with E-state index in [1.165, 1.54) is 0 Å². The molecular weight excluding hydrogens is 320 g/mol. The van der Waals surface area contributed by atoms with Crippen LogP contribution in [0.1, 0.15) is 66.2 Å². The smallest absolute Gasteiger partial charge is 0.197 e. The van der Waals surface area contributed by atoms with Gasteiger partial charge in [-0.2, -0.15) is 0 Å². The zero-order valence-corrected chi connectivity index (χ0v) is 16.5. The minimum atomic E-state index is -1.01. The van der Waals surface area contributed by atoms with Crippen molar-refractivity contribution in [2.45, 2.75) is 77.9 Å². The van der Waals surface area contributed by atoms with Gasteiger partial charge in [0.25, 0.3) is 0 Å². The maximum absolute atomic E-state index is 13.1. The number of ether oxygens (including phenoxy) is 4. The van der Waals surface area contributed by atoms with Gasteiger partial charge in [-0.25, -0.2) is 0 Å². The van der Waals surface area contributed by atoms with Gasteiger partial charge in [-0.15, -0.1) is 0 Å². The lowest BCUT2D eigenvalue weighted by Gasteiger charge is -2.42. The number of hydrogen-bond donors (Lipinski definition) is 0. The van der Waals surface area contributed by atoms with Crippen LogP contribution in [0.25, 0.3) is 0 Å². The maximum Gasteiger partial charge on any atom is 0.197 e. The number of hydrogen-bond acceptors (Lipinski definition) is 5. The monoisotopic (exact) mass is 356 g/mol. The van der Waals surface area contributed by atoms with Gasteiger partial charge >= 0.3 is 0 Å². The van der Waals surface area contributed by atoms with E-state index in [-0.39, 0.29) is 25.3 Å². The predicted octanol–water partition coefficient (Wildman–Crippen LogP) is 4.25. The van der Waals surface area contributed by atoms with E-state index in [1.54, 1.807) is 0 Å². The quantitative estimate of drug-likeness (QED) is 0.280. The van der Waals surface area contributed by atoms with Crippen LogP contribution >= 0.6 is 0 Å². The van der Waals surface area contributed by atoms with E-state index < -0.39 is 11.7 Å². The average Bonchev–Trinajstić information content (AvgIpc) is 2.58. The fourth-order valence-electron chi connectivity index (χ4n) is 3.00. The largest absolute Gasteiger partial charge is 0.355 e. The molecule has 0 spiro atoms. The summed E-state index contributed by atoms with van der Waals surface area (Å²) in [5.74, 6) is 0.0799. The van der Waals surface area contributed by atoms with Crippen molar-refractivity contribution in [2.24, 2.45) is 5.92 Å². The molecule has 1 saturated carbocycles. The second kappa shape index (κ2) is 11.8. The Morgan fingerprint density at radius 2 is 1.76 bits per heavy atom. The molecule has 25 heavy (non-hydrogen) atoms. The first-order chi connectivity index (χ1) is 12.0. The third-order valence-electron chi connectivity index (χ3n) is 4.82. The van der Waals surface area contributed by atoms with Crippen molar-refractivity contribution in [3.05, 3.63) is 12.2 Å². The molecule has 146 valence electrons. The molecule has 0 saturated heterocycles. The van der Waals surface area contributed by atoms with Gasteiger partial charge in [0, 0.05) is 13.2 Å². The van der Waals surface area contributed by atoms with Crippen LogP contribution in [0.2, 0.25) is 0 Å². The third kappa shape index (κ3) is 6.48. The molecule has 5 heteroatoms. The molecule has 0 heterocycles. The molecule has 5 nitrogen and oxygen atoms in total. The highest BCUT2D eigenvalue weighted by molar-refractivity contribution is 5.95. The molecule has 1 aliphatic rings. The SMILES string of the molecule is C=C(C)[C@@]1(OCOCCCC)CCC(C)C(OCOCCCC)C1=O. The number of carbonyl (C=O) groups is 1. The van der Waals surface area contributed by atoms with Crippen molar-refractivity contribution in [3.8, 4) is 0 Å². The number of carbonyl (C=O) groups excluding carboxylic acids is 1. The van der Waals surface area contributed by atoms with Crippen LogP contribution in [0, 0.1) is 5.92 Å². The van der Waals surface area contributed by atoms with Gasteiger partial charge in [0.1, 0.15) is 19.7 Å². The Kier molecular flexibility index (Phi) is 10.5. The second-order valence-electron chi connectivity index (χ2n) is 6.98. The number of Topliss-reactive ketones (excluding diaryl/α,β-unsaturated/α-hetero) is 1. The third-order valence-corrected chi connectivity index (χ3v) is 4.82. The molecule has 1 rings (SSSR count). The minimum Gasteiger partial charge on any atom is -0.355 e. The van der Waals surface area contributed by atoms with E-state index in [2.05, 4.69) is 20.4 Å². The van der Waals surface area contributed by atoms with Crippen LogP contribution in [-0.4, -0.2) is 44.3 Å². The lowest BCUT2D eigenvalue weighted by atomic mass is 9.73. The first kappa shape index (κ1) is 22.3. The van der Waals surface area contributed by atoms with Crippen LogP contribution in [0.5, 0.6) is 0 Å².